The Hall–Kier alpha value is -3.94. The Bertz CT molecular complexity index is 1050. The zero-order valence-corrected chi connectivity index (χ0v) is 14.9. The van der Waals surface area contributed by atoms with Crippen molar-refractivity contribution in [2.24, 2.45) is 4.99 Å². The molecule has 0 unspecified atom stereocenters. The van der Waals surface area contributed by atoms with Crippen LogP contribution in [0.2, 0.25) is 0 Å². The lowest BCUT2D eigenvalue weighted by Crippen LogP contribution is -2.29. The molecule has 0 amide bonds. The van der Waals surface area contributed by atoms with Crippen LogP contribution in [0.25, 0.3) is 6.08 Å². The first-order valence-corrected chi connectivity index (χ1v) is 8.46. The van der Waals surface area contributed by atoms with E-state index in [9.17, 15) is 10.0 Å². The van der Waals surface area contributed by atoms with Gasteiger partial charge in [-0.15, -0.1) is 0 Å². The standard InChI is InChI=1S/C20H15N3O5/c1-13-18(23(25)28-22-13)12-26-16-9-7-14(8-10-16)11-17-20(24)27-19(21-17)15-5-3-2-4-6-15/h2-11H,12H2,1H3. The third-order valence-corrected chi connectivity index (χ3v) is 4.09. The molecule has 0 bridgehead atoms. The van der Waals surface area contributed by atoms with E-state index in [2.05, 4.69) is 14.8 Å². The lowest BCUT2D eigenvalue weighted by atomic mass is 10.2. The van der Waals surface area contributed by atoms with Crippen molar-refractivity contribution >= 4 is 17.9 Å². The zero-order valence-electron chi connectivity index (χ0n) is 14.9. The van der Waals surface area contributed by atoms with E-state index in [4.69, 9.17) is 9.47 Å². The van der Waals surface area contributed by atoms with Gasteiger partial charge in [-0.25, -0.2) is 9.79 Å². The van der Waals surface area contributed by atoms with Gasteiger partial charge in [0.25, 0.3) is 0 Å². The van der Waals surface area contributed by atoms with Gasteiger partial charge in [-0.1, -0.05) is 30.3 Å². The molecule has 0 N–H and O–H groups in total. The summed E-state index contributed by atoms with van der Waals surface area (Å²) < 4.78 is 15.3. The number of hydrogen-bond donors (Lipinski definition) is 0. The highest BCUT2D eigenvalue weighted by atomic mass is 16.8. The van der Waals surface area contributed by atoms with Crippen LogP contribution < -0.4 is 9.64 Å². The molecule has 1 aliphatic rings. The summed E-state index contributed by atoms with van der Waals surface area (Å²) in [5, 5.41) is 15.0. The van der Waals surface area contributed by atoms with E-state index in [1.807, 2.05) is 30.3 Å². The predicted molar refractivity (Wildman–Crippen MR) is 98.0 cm³/mol. The Morgan fingerprint density at radius 1 is 1.14 bits per heavy atom. The van der Waals surface area contributed by atoms with Crippen LogP contribution in [-0.2, 0) is 16.1 Å². The molecule has 0 fully saturated rings. The molecule has 0 saturated carbocycles. The molecular weight excluding hydrogens is 362 g/mol. The summed E-state index contributed by atoms with van der Waals surface area (Å²) in [6.45, 7) is 1.70. The summed E-state index contributed by atoms with van der Waals surface area (Å²) in [6, 6.07) is 16.2. The third kappa shape index (κ3) is 3.61. The van der Waals surface area contributed by atoms with Gasteiger partial charge in [0, 0.05) is 17.6 Å². The predicted octanol–water partition coefficient (Wildman–Crippen LogP) is 2.54. The topological polar surface area (TPSA) is 101 Å². The van der Waals surface area contributed by atoms with E-state index in [0.29, 0.717) is 22.0 Å². The second kappa shape index (κ2) is 7.36. The molecule has 1 aliphatic heterocycles. The van der Waals surface area contributed by atoms with Crippen LogP contribution in [0.3, 0.4) is 0 Å². The van der Waals surface area contributed by atoms with Crippen molar-refractivity contribution in [1.29, 1.82) is 0 Å². The van der Waals surface area contributed by atoms with Gasteiger partial charge in [-0.05, 0) is 40.8 Å². The lowest BCUT2D eigenvalue weighted by Gasteiger charge is -2.04. The molecular formula is C20H15N3O5. The van der Waals surface area contributed by atoms with Gasteiger partial charge in [0.2, 0.25) is 17.3 Å². The monoisotopic (exact) mass is 377 g/mol. The summed E-state index contributed by atoms with van der Waals surface area (Å²) in [5.41, 5.74) is 2.51. The fourth-order valence-corrected chi connectivity index (χ4v) is 2.57. The minimum Gasteiger partial charge on any atom is -0.485 e. The number of aliphatic imine (C=N–C) groups is 1. The number of aromatic nitrogens is 2. The van der Waals surface area contributed by atoms with E-state index in [0.717, 1.165) is 11.1 Å². The number of cyclic esters (lactones) is 1. The van der Waals surface area contributed by atoms with Gasteiger partial charge in [-0.2, -0.15) is 0 Å². The van der Waals surface area contributed by atoms with E-state index in [-0.39, 0.29) is 18.2 Å². The Morgan fingerprint density at radius 3 is 2.57 bits per heavy atom. The van der Waals surface area contributed by atoms with E-state index in [1.165, 1.54) is 0 Å². The molecule has 1 aromatic heterocycles. The van der Waals surface area contributed by atoms with Gasteiger partial charge >= 0.3 is 5.97 Å². The first-order chi connectivity index (χ1) is 13.6. The minimum absolute atomic E-state index is 0.0380. The van der Waals surface area contributed by atoms with Crippen LogP contribution in [0.5, 0.6) is 5.75 Å². The maximum absolute atomic E-state index is 12.1. The zero-order chi connectivity index (χ0) is 19.5. The number of esters is 1. The average Bonchev–Trinajstić information content (AvgIpc) is 3.24. The van der Waals surface area contributed by atoms with Crippen LogP contribution in [0.1, 0.15) is 22.5 Å². The molecule has 8 nitrogen and oxygen atoms in total. The first kappa shape index (κ1) is 17.5. The largest absolute Gasteiger partial charge is 0.485 e. The smallest absolute Gasteiger partial charge is 0.363 e. The maximum Gasteiger partial charge on any atom is 0.363 e. The molecule has 0 spiro atoms. The summed E-state index contributed by atoms with van der Waals surface area (Å²) in [6.07, 6.45) is 1.64. The van der Waals surface area contributed by atoms with E-state index in [1.54, 1.807) is 37.3 Å². The normalized spacial score (nSPS) is 14.8. The maximum atomic E-state index is 12.1. The second-order valence-corrected chi connectivity index (χ2v) is 6.02. The Morgan fingerprint density at radius 2 is 1.89 bits per heavy atom. The van der Waals surface area contributed by atoms with Crippen molar-refractivity contribution in [3.63, 3.8) is 0 Å². The summed E-state index contributed by atoms with van der Waals surface area (Å²) in [4.78, 5) is 16.6. The number of aryl methyl sites for hydroxylation is 1. The number of carbonyl (C=O) groups is 1. The summed E-state index contributed by atoms with van der Waals surface area (Å²) >= 11 is 0. The molecule has 0 aliphatic carbocycles. The fraction of sp³-hybridized carbons (Fsp3) is 0.100. The molecule has 3 aromatic rings. The number of hydrogen-bond acceptors (Lipinski definition) is 7. The average molecular weight is 377 g/mol. The number of ether oxygens (including phenoxy) is 2. The van der Waals surface area contributed by atoms with Crippen LogP contribution in [0.4, 0.5) is 0 Å². The van der Waals surface area contributed by atoms with Crippen molar-refractivity contribution in [1.82, 2.24) is 5.16 Å². The molecule has 140 valence electrons. The Labute approximate surface area is 159 Å². The molecule has 0 atom stereocenters. The SMILES string of the molecule is Cc1no[n+]([O-])c1COc1ccc(C=C2N=C(c3ccccc3)OC2=O)cc1. The number of benzene rings is 2. The van der Waals surface area contributed by atoms with Gasteiger partial charge < -0.3 is 14.7 Å². The molecule has 0 radical (unpaired) electrons. The second-order valence-electron chi connectivity index (χ2n) is 6.02. The third-order valence-electron chi connectivity index (χ3n) is 4.09. The highest BCUT2D eigenvalue weighted by molar-refractivity contribution is 6.12. The molecule has 8 heteroatoms. The molecule has 4 rings (SSSR count). The van der Waals surface area contributed by atoms with Crippen molar-refractivity contribution in [3.05, 3.63) is 88.0 Å². The van der Waals surface area contributed by atoms with E-state index >= 15 is 0 Å². The lowest BCUT2D eigenvalue weighted by molar-refractivity contribution is -0.808. The Balaban J connectivity index is 1.47. The Kier molecular flexibility index (Phi) is 4.59. The number of nitrogens with zero attached hydrogens (tertiary/aromatic N) is 3. The quantitative estimate of drug-likeness (QED) is 0.385. The minimum atomic E-state index is -0.498. The van der Waals surface area contributed by atoms with E-state index < -0.39 is 5.97 Å². The van der Waals surface area contributed by atoms with Gasteiger partial charge in [0.15, 0.2) is 12.3 Å². The van der Waals surface area contributed by atoms with Crippen molar-refractivity contribution < 1.29 is 23.8 Å². The molecule has 0 saturated heterocycles. The number of carbonyl (C=O) groups excluding carboxylic acids is 1. The van der Waals surface area contributed by atoms with Gasteiger partial charge in [0.05, 0.1) is 0 Å². The van der Waals surface area contributed by atoms with Crippen LogP contribution in [-0.4, -0.2) is 17.0 Å². The van der Waals surface area contributed by atoms with Gasteiger partial charge in [-0.3, -0.25) is 4.63 Å². The molecule has 28 heavy (non-hydrogen) atoms. The fourth-order valence-electron chi connectivity index (χ4n) is 2.57. The van der Waals surface area contributed by atoms with Gasteiger partial charge in [0.1, 0.15) is 5.75 Å². The van der Waals surface area contributed by atoms with Crippen molar-refractivity contribution in [2.75, 3.05) is 0 Å². The van der Waals surface area contributed by atoms with Crippen molar-refractivity contribution in [2.45, 2.75) is 13.5 Å². The number of rotatable bonds is 5. The van der Waals surface area contributed by atoms with Crippen LogP contribution in [0, 0.1) is 12.1 Å². The van der Waals surface area contributed by atoms with Crippen molar-refractivity contribution in [3.8, 4) is 5.75 Å². The molecule has 2 aromatic carbocycles. The first-order valence-electron chi connectivity index (χ1n) is 8.46. The highest BCUT2D eigenvalue weighted by Crippen LogP contribution is 2.21. The van der Waals surface area contributed by atoms with Crippen LogP contribution >= 0.6 is 0 Å². The summed E-state index contributed by atoms with van der Waals surface area (Å²) in [5.74, 6) is 0.346. The van der Waals surface area contributed by atoms with Crippen LogP contribution in [0.15, 0.2) is 69.9 Å². The molecule has 2 heterocycles. The highest BCUT2D eigenvalue weighted by Gasteiger charge is 2.23. The summed E-state index contributed by atoms with van der Waals surface area (Å²) in [7, 11) is 0.